The summed E-state index contributed by atoms with van der Waals surface area (Å²) in [6.07, 6.45) is 44.4. The summed E-state index contributed by atoms with van der Waals surface area (Å²) in [6, 6.07) is 0. The molecule has 0 aliphatic rings. The Hall–Kier alpha value is -2.37. The zero-order chi connectivity index (χ0) is 37.3. The molecule has 0 aliphatic carbocycles. The second-order valence-electron chi connectivity index (χ2n) is 14.3. The van der Waals surface area contributed by atoms with Crippen LogP contribution in [0.4, 0.5) is 0 Å². The van der Waals surface area contributed by atoms with Gasteiger partial charge in [-0.25, -0.2) is 0 Å². The van der Waals surface area contributed by atoms with Crippen molar-refractivity contribution in [3.8, 4) is 0 Å². The molecule has 1 atom stereocenters. The van der Waals surface area contributed by atoms with Crippen molar-refractivity contribution in [1.82, 2.24) is 0 Å². The van der Waals surface area contributed by atoms with Crippen LogP contribution in [0.5, 0.6) is 0 Å². The van der Waals surface area contributed by atoms with Gasteiger partial charge in [0.05, 0.1) is 0 Å². The van der Waals surface area contributed by atoms with E-state index in [-0.39, 0.29) is 31.1 Å². The van der Waals surface area contributed by atoms with Gasteiger partial charge in [-0.15, -0.1) is 0 Å². The molecule has 0 heterocycles. The number of carbonyl (C=O) groups is 3. The number of ether oxygens (including phenoxy) is 3. The molecule has 0 amide bonds. The summed E-state index contributed by atoms with van der Waals surface area (Å²) in [5, 5.41) is 0. The van der Waals surface area contributed by atoms with Gasteiger partial charge in [0, 0.05) is 19.3 Å². The van der Waals surface area contributed by atoms with Crippen LogP contribution in [0.2, 0.25) is 0 Å². The van der Waals surface area contributed by atoms with Crippen molar-refractivity contribution in [3.05, 3.63) is 36.5 Å². The van der Waals surface area contributed by atoms with E-state index in [1.807, 2.05) is 0 Å². The molecule has 0 saturated heterocycles. The summed E-state index contributed by atoms with van der Waals surface area (Å²) in [7, 11) is 0. The minimum Gasteiger partial charge on any atom is -0.462 e. The van der Waals surface area contributed by atoms with Crippen LogP contribution < -0.4 is 0 Å². The lowest BCUT2D eigenvalue weighted by Crippen LogP contribution is -2.30. The summed E-state index contributed by atoms with van der Waals surface area (Å²) in [5.41, 5.74) is 0. The third kappa shape index (κ3) is 38.7. The number of hydrogen-bond acceptors (Lipinski definition) is 6. The van der Waals surface area contributed by atoms with E-state index in [9.17, 15) is 14.4 Å². The molecule has 0 rings (SSSR count). The van der Waals surface area contributed by atoms with Crippen LogP contribution in [0.15, 0.2) is 36.5 Å². The molecule has 0 bridgehead atoms. The SMILES string of the molecule is CCCC/C=C\CCCCCCCC(=O)OC(COC(=O)CCCCCCC)COC(=O)CCCCCCCCC/C=C\C/C=C\CCCCC. The fourth-order valence-electron chi connectivity index (χ4n) is 5.80. The average molecular weight is 717 g/mol. The monoisotopic (exact) mass is 717 g/mol. The van der Waals surface area contributed by atoms with E-state index in [0.29, 0.717) is 19.3 Å². The first-order valence-corrected chi connectivity index (χ1v) is 21.5. The molecule has 0 aromatic rings. The molecule has 0 N–H and O–H groups in total. The molecule has 0 aromatic heterocycles. The molecule has 0 spiro atoms. The molecule has 0 radical (unpaired) electrons. The van der Waals surface area contributed by atoms with Crippen LogP contribution >= 0.6 is 0 Å². The zero-order valence-electron chi connectivity index (χ0n) is 33.6. The summed E-state index contributed by atoms with van der Waals surface area (Å²) in [5.74, 6) is -0.913. The Morgan fingerprint density at radius 3 is 1.20 bits per heavy atom. The summed E-state index contributed by atoms with van der Waals surface area (Å²) < 4.78 is 16.5. The number of esters is 3. The zero-order valence-corrected chi connectivity index (χ0v) is 33.6. The third-order valence-corrected chi connectivity index (χ3v) is 9.12. The lowest BCUT2D eigenvalue weighted by atomic mass is 10.1. The van der Waals surface area contributed by atoms with E-state index >= 15 is 0 Å². The Labute approximate surface area is 315 Å². The van der Waals surface area contributed by atoms with Gasteiger partial charge in [-0.05, 0) is 70.6 Å². The first-order valence-electron chi connectivity index (χ1n) is 21.5. The molecule has 51 heavy (non-hydrogen) atoms. The number of unbranched alkanes of at least 4 members (excludes halogenated alkanes) is 21. The number of hydrogen-bond donors (Lipinski definition) is 0. The maximum atomic E-state index is 12.6. The Morgan fingerprint density at radius 2 is 0.725 bits per heavy atom. The van der Waals surface area contributed by atoms with Crippen molar-refractivity contribution in [2.75, 3.05) is 13.2 Å². The first kappa shape index (κ1) is 48.6. The summed E-state index contributed by atoms with van der Waals surface area (Å²) in [4.78, 5) is 37.4. The van der Waals surface area contributed by atoms with Crippen molar-refractivity contribution in [3.63, 3.8) is 0 Å². The molecule has 0 aromatic carbocycles. The first-order chi connectivity index (χ1) is 25.0. The van der Waals surface area contributed by atoms with E-state index < -0.39 is 6.10 Å². The van der Waals surface area contributed by atoms with Crippen molar-refractivity contribution in [2.24, 2.45) is 0 Å². The van der Waals surface area contributed by atoms with Crippen molar-refractivity contribution in [1.29, 1.82) is 0 Å². The van der Waals surface area contributed by atoms with Gasteiger partial charge >= 0.3 is 17.9 Å². The second kappa shape index (κ2) is 40.4. The highest BCUT2D eigenvalue weighted by Crippen LogP contribution is 2.13. The Balaban J connectivity index is 4.23. The molecule has 296 valence electrons. The fourth-order valence-corrected chi connectivity index (χ4v) is 5.80. The molecule has 0 saturated carbocycles. The lowest BCUT2D eigenvalue weighted by molar-refractivity contribution is -0.167. The van der Waals surface area contributed by atoms with E-state index in [1.165, 1.54) is 83.5 Å². The highest BCUT2D eigenvalue weighted by molar-refractivity contribution is 5.71. The van der Waals surface area contributed by atoms with Gasteiger partial charge in [0.25, 0.3) is 0 Å². The minimum atomic E-state index is -0.771. The van der Waals surface area contributed by atoms with Crippen LogP contribution in [0.3, 0.4) is 0 Å². The van der Waals surface area contributed by atoms with Gasteiger partial charge in [-0.1, -0.05) is 160 Å². The number of rotatable bonds is 38. The standard InChI is InChI=1S/C45H80O6/c1-4-7-10-13-15-17-19-20-21-22-23-24-26-27-29-32-35-38-44(47)50-41-42(40-49-43(46)37-34-31-12-9-6-3)51-45(48)39-36-33-30-28-25-18-16-14-11-8-5-2/h14-17,20-21,42H,4-13,18-19,22-41H2,1-3H3/b16-14-,17-15-,21-20-. The summed E-state index contributed by atoms with van der Waals surface area (Å²) in [6.45, 7) is 6.46. The minimum absolute atomic E-state index is 0.0788. The van der Waals surface area contributed by atoms with E-state index in [0.717, 1.165) is 89.9 Å². The molecule has 6 heteroatoms. The van der Waals surface area contributed by atoms with Crippen LogP contribution in [-0.2, 0) is 28.6 Å². The fraction of sp³-hybridized carbons (Fsp3) is 0.800. The third-order valence-electron chi connectivity index (χ3n) is 9.12. The van der Waals surface area contributed by atoms with Crippen LogP contribution in [0, 0.1) is 0 Å². The van der Waals surface area contributed by atoms with Gasteiger partial charge < -0.3 is 14.2 Å². The molecule has 0 aliphatic heterocycles. The Bertz CT molecular complexity index is 876. The van der Waals surface area contributed by atoms with E-state index in [4.69, 9.17) is 14.2 Å². The van der Waals surface area contributed by atoms with Gasteiger partial charge in [0.2, 0.25) is 0 Å². The van der Waals surface area contributed by atoms with Gasteiger partial charge in [0.1, 0.15) is 13.2 Å². The maximum absolute atomic E-state index is 12.6. The van der Waals surface area contributed by atoms with Crippen LogP contribution in [-0.4, -0.2) is 37.2 Å². The van der Waals surface area contributed by atoms with Gasteiger partial charge in [-0.3, -0.25) is 14.4 Å². The molecular weight excluding hydrogens is 636 g/mol. The Kier molecular flexibility index (Phi) is 38.5. The highest BCUT2D eigenvalue weighted by Gasteiger charge is 2.19. The van der Waals surface area contributed by atoms with E-state index in [2.05, 4.69) is 57.2 Å². The molecule has 1 unspecified atom stereocenters. The molecule has 6 nitrogen and oxygen atoms in total. The van der Waals surface area contributed by atoms with Crippen molar-refractivity contribution < 1.29 is 28.6 Å². The van der Waals surface area contributed by atoms with Crippen LogP contribution in [0.25, 0.3) is 0 Å². The average Bonchev–Trinajstić information content (AvgIpc) is 3.12. The van der Waals surface area contributed by atoms with Gasteiger partial charge in [-0.2, -0.15) is 0 Å². The summed E-state index contributed by atoms with van der Waals surface area (Å²) >= 11 is 0. The van der Waals surface area contributed by atoms with Crippen molar-refractivity contribution in [2.45, 2.75) is 219 Å². The largest absolute Gasteiger partial charge is 0.462 e. The highest BCUT2D eigenvalue weighted by atomic mass is 16.6. The normalized spacial score (nSPS) is 12.3. The smallest absolute Gasteiger partial charge is 0.306 e. The molecular formula is C45H80O6. The quantitative estimate of drug-likeness (QED) is 0.0274. The molecule has 0 fully saturated rings. The maximum Gasteiger partial charge on any atom is 0.306 e. The number of allylic oxidation sites excluding steroid dienone is 6. The van der Waals surface area contributed by atoms with Gasteiger partial charge in [0.15, 0.2) is 6.10 Å². The predicted molar refractivity (Wildman–Crippen MR) is 215 cm³/mol. The predicted octanol–water partition coefficient (Wildman–Crippen LogP) is 13.4. The topological polar surface area (TPSA) is 78.9 Å². The second-order valence-corrected chi connectivity index (χ2v) is 14.3. The van der Waals surface area contributed by atoms with Crippen LogP contribution in [0.1, 0.15) is 213 Å². The van der Waals surface area contributed by atoms with Crippen molar-refractivity contribution >= 4 is 17.9 Å². The van der Waals surface area contributed by atoms with E-state index in [1.54, 1.807) is 0 Å². The Morgan fingerprint density at radius 1 is 0.392 bits per heavy atom. The number of carbonyl (C=O) groups excluding carboxylic acids is 3. The lowest BCUT2D eigenvalue weighted by Gasteiger charge is -2.18.